The lowest BCUT2D eigenvalue weighted by molar-refractivity contribution is -0.384. The van der Waals surface area contributed by atoms with Gasteiger partial charge in [0.15, 0.2) is 12.2 Å². The number of nitro groups is 1. The van der Waals surface area contributed by atoms with Gasteiger partial charge < -0.3 is 28.4 Å². The van der Waals surface area contributed by atoms with Gasteiger partial charge in [-0.3, -0.25) is 29.3 Å². The number of ether oxygens (including phenoxy) is 6. The van der Waals surface area contributed by atoms with Gasteiger partial charge in [-0.2, -0.15) is 0 Å². The molecule has 1 aromatic rings. The van der Waals surface area contributed by atoms with Crippen LogP contribution < -0.4 is 4.74 Å². The molecule has 1 saturated heterocycles. The fourth-order valence-electron chi connectivity index (χ4n) is 3.11. The molecule has 0 radical (unpaired) electrons. The number of benzene rings is 1. The van der Waals surface area contributed by atoms with Crippen LogP contribution in [-0.2, 0) is 42.9 Å². The van der Waals surface area contributed by atoms with E-state index >= 15 is 0 Å². The number of halogens is 1. The van der Waals surface area contributed by atoms with Crippen molar-refractivity contribution in [1.29, 1.82) is 0 Å². The summed E-state index contributed by atoms with van der Waals surface area (Å²) in [5, 5.41) is 10.8. The summed E-state index contributed by atoms with van der Waals surface area (Å²) in [4.78, 5) is 57.0. The van der Waals surface area contributed by atoms with Gasteiger partial charge >= 0.3 is 23.9 Å². The number of esters is 4. The molecule has 1 aromatic carbocycles. The molecule has 5 atom stereocenters. The third kappa shape index (κ3) is 7.28. The predicted molar refractivity (Wildman–Crippen MR) is 111 cm³/mol. The van der Waals surface area contributed by atoms with Crippen LogP contribution in [0.1, 0.15) is 27.7 Å². The van der Waals surface area contributed by atoms with Crippen molar-refractivity contribution >= 4 is 41.2 Å². The van der Waals surface area contributed by atoms with E-state index in [-0.39, 0.29) is 16.5 Å². The molecule has 2 rings (SSSR count). The van der Waals surface area contributed by atoms with Crippen LogP contribution in [0.5, 0.6) is 5.75 Å². The van der Waals surface area contributed by atoms with E-state index in [1.165, 1.54) is 6.07 Å². The zero-order chi connectivity index (χ0) is 25.6. The van der Waals surface area contributed by atoms with E-state index in [1.54, 1.807) is 0 Å². The quantitative estimate of drug-likeness (QED) is 0.218. The molecule has 0 unspecified atom stereocenters. The molecular formula is C20H22ClNO12. The van der Waals surface area contributed by atoms with E-state index in [0.29, 0.717) is 0 Å². The minimum atomic E-state index is -1.51. The summed E-state index contributed by atoms with van der Waals surface area (Å²) in [6, 6.07) is 3.34. The highest BCUT2D eigenvalue weighted by molar-refractivity contribution is 6.32. The van der Waals surface area contributed by atoms with Crippen LogP contribution in [-0.4, -0.2) is 66.1 Å². The van der Waals surface area contributed by atoms with Gasteiger partial charge in [0.2, 0.25) is 12.4 Å². The van der Waals surface area contributed by atoms with E-state index in [9.17, 15) is 29.3 Å². The van der Waals surface area contributed by atoms with Crippen LogP contribution in [0.2, 0.25) is 5.02 Å². The number of hydrogen-bond donors (Lipinski definition) is 0. The molecule has 1 fully saturated rings. The number of carbonyl (C=O) groups is 4. The Labute approximate surface area is 198 Å². The number of carbonyl (C=O) groups excluding carboxylic acids is 4. The second-order valence-corrected chi connectivity index (χ2v) is 7.46. The molecule has 0 aliphatic carbocycles. The number of nitrogens with zero attached hydrogens (tertiary/aromatic N) is 1. The first-order chi connectivity index (χ1) is 15.9. The normalized spacial score (nSPS) is 23.9. The van der Waals surface area contributed by atoms with Gasteiger partial charge in [-0.1, -0.05) is 11.6 Å². The largest absolute Gasteiger partial charge is 0.463 e. The molecule has 1 aliphatic heterocycles. The lowest BCUT2D eigenvalue weighted by Crippen LogP contribution is -2.63. The zero-order valence-electron chi connectivity index (χ0n) is 18.6. The van der Waals surface area contributed by atoms with E-state index < -0.39 is 66.1 Å². The van der Waals surface area contributed by atoms with Crippen molar-refractivity contribution in [3.8, 4) is 5.75 Å². The van der Waals surface area contributed by atoms with Crippen LogP contribution in [0.3, 0.4) is 0 Å². The first-order valence-electron chi connectivity index (χ1n) is 9.80. The van der Waals surface area contributed by atoms with Gasteiger partial charge in [0.1, 0.15) is 18.5 Å². The Bertz CT molecular complexity index is 967. The summed E-state index contributed by atoms with van der Waals surface area (Å²) in [6.07, 6.45) is -6.98. The first-order valence-corrected chi connectivity index (χ1v) is 10.2. The van der Waals surface area contributed by atoms with Crippen molar-refractivity contribution < 1.29 is 52.5 Å². The Hall–Kier alpha value is -3.45. The predicted octanol–water partition coefficient (Wildman–Crippen LogP) is 1.71. The van der Waals surface area contributed by atoms with Crippen molar-refractivity contribution in [1.82, 2.24) is 0 Å². The second-order valence-electron chi connectivity index (χ2n) is 7.06. The minimum Gasteiger partial charge on any atom is -0.463 e. The Morgan fingerprint density at radius 3 is 2.00 bits per heavy atom. The lowest BCUT2D eigenvalue weighted by Gasteiger charge is -2.43. The highest BCUT2D eigenvalue weighted by atomic mass is 35.5. The summed E-state index contributed by atoms with van der Waals surface area (Å²) in [5.74, 6) is -3.16. The average molecular weight is 504 g/mol. The van der Waals surface area contributed by atoms with E-state index in [1.807, 2.05) is 0 Å². The van der Waals surface area contributed by atoms with Gasteiger partial charge in [-0.05, 0) is 6.07 Å². The van der Waals surface area contributed by atoms with Crippen LogP contribution >= 0.6 is 11.6 Å². The van der Waals surface area contributed by atoms with Crippen LogP contribution in [0.15, 0.2) is 18.2 Å². The smallest absolute Gasteiger partial charge is 0.303 e. The highest BCUT2D eigenvalue weighted by Gasteiger charge is 2.53. The highest BCUT2D eigenvalue weighted by Crippen LogP contribution is 2.34. The number of nitro benzene ring substituents is 1. The third-order valence-corrected chi connectivity index (χ3v) is 4.61. The fourth-order valence-corrected chi connectivity index (χ4v) is 3.33. The summed E-state index contributed by atoms with van der Waals surface area (Å²) < 4.78 is 32.2. The maximum Gasteiger partial charge on any atom is 0.303 e. The van der Waals surface area contributed by atoms with Crippen molar-refractivity contribution in [3.63, 3.8) is 0 Å². The van der Waals surface area contributed by atoms with Crippen LogP contribution in [0.25, 0.3) is 0 Å². The van der Waals surface area contributed by atoms with Crippen molar-refractivity contribution in [2.45, 2.75) is 58.4 Å². The molecule has 0 aromatic heterocycles. The van der Waals surface area contributed by atoms with E-state index in [0.717, 1.165) is 39.8 Å². The number of non-ortho nitro benzene ring substituents is 1. The SMILES string of the molecule is CC(=O)OC[C@H]1O[C@@H](Oc2ccc([N+](=O)[O-])cc2Cl)[C@H](OC(C)=O)[C@@H](OC(C)=O)[C@H]1OC(C)=O. The monoisotopic (exact) mass is 503 g/mol. The summed E-state index contributed by atoms with van der Waals surface area (Å²) in [7, 11) is 0. The van der Waals surface area contributed by atoms with Crippen LogP contribution in [0.4, 0.5) is 5.69 Å². The zero-order valence-corrected chi connectivity index (χ0v) is 19.3. The van der Waals surface area contributed by atoms with E-state index in [4.69, 9.17) is 40.0 Å². The Morgan fingerprint density at radius 1 is 0.941 bits per heavy atom. The molecule has 0 bridgehead atoms. The van der Waals surface area contributed by atoms with Gasteiger partial charge in [0.05, 0.1) is 9.95 Å². The average Bonchev–Trinajstić information content (AvgIpc) is 2.71. The van der Waals surface area contributed by atoms with Gasteiger partial charge in [0, 0.05) is 39.8 Å². The third-order valence-electron chi connectivity index (χ3n) is 4.32. The molecule has 0 amide bonds. The molecule has 34 heavy (non-hydrogen) atoms. The Balaban J connectivity index is 2.49. The van der Waals surface area contributed by atoms with Gasteiger partial charge in [-0.25, -0.2) is 0 Å². The fraction of sp³-hybridized carbons (Fsp3) is 0.500. The molecular weight excluding hydrogens is 482 g/mol. The molecule has 13 nitrogen and oxygen atoms in total. The standard InChI is InChI=1S/C20H22ClNO12/c1-9(23)29-8-16-17(30-10(2)24)18(31-11(3)25)19(32-12(4)26)20(34-16)33-15-6-5-13(22(27)28)7-14(15)21/h5-7,16-20H,8H2,1-4H3/t16-,17+,18+,19-,20-/m1/s1. The lowest BCUT2D eigenvalue weighted by atomic mass is 9.98. The first kappa shape index (κ1) is 26.8. The number of rotatable bonds is 8. The Kier molecular flexibility index (Phi) is 9.15. The summed E-state index contributed by atoms with van der Waals surface area (Å²) >= 11 is 6.09. The molecule has 0 N–H and O–H groups in total. The summed E-state index contributed by atoms with van der Waals surface area (Å²) in [6.45, 7) is 3.95. The number of hydrogen-bond acceptors (Lipinski definition) is 12. The summed E-state index contributed by atoms with van der Waals surface area (Å²) in [5.41, 5.74) is -0.307. The van der Waals surface area contributed by atoms with Gasteiger partial charge in [0.25, 0.3) is 5.69 Å². The van der Waals surface area contributed by atoms with E-state index in [2.05, 4.69) is 0 Å². The second kappa shape index (κ2) is 11.6. The Morgan fingerprint density at radius 2 is 1.50 bits per heavy atom. The minimum absolute atomic E-state index is 0.0897. The maximum absolute atomic E-state index is 11.8. The van der Waals surface area contributed by atoms with Gasteiger partial charge in [-0.15, -0.1) is 0 Å². The topological polar surface area (TPSA) is 167 Å². The maximum atomic E-state index is 11.8. The van der Waals surface area contributed by atoms with Crippen molar-refractivity contribution in [2.24, 2.45) is 0 Å². The van der Waals surface area contributed by atoms with Crippen molar-refractivity contribution in [2.75, 3.05) is 6.61 Å². The molecule has 1 aliphatic rings. The molecule has 1 heterocycles. The molecule has 0 spiro atoms. The molecule has 186 valence electrons. The molecule has 0 saturated carbocycles. The van der Waals surface area contributed by atoms with Crippen molar-refractivity contribution in [3.05, 3.63) is 33.3 Å². The van der Waals surface area contributed by atoms with Crippen LogP contribution in [0, 0.1) is 10.1 Å². The molecule has 14 heteroatoms.